The molecule has 20 heavy (non-hydrogen) atoms. The zero-order valence-corrected chi connectivity index (χ0v) is 13.0. The van der Waals surface area contributed by atoms with Crippen LogP contribution in [0.4, 0.5) is 0 Å². The fraction of sp³-hybridized carbons (Fsp3) is 0. The molecule has 3 rings (SSSR count). The Bertz CT molecular complexity index is 800. The average Bonchev–Trinajstić information content (AvgIpc) is 2.42. The van der Waals surface area contributed by atoms with Gasteiger partial charge in [0.2, 0.25) is 0 Å². The molecular weight excluding hydrogens is 336 g/mol. The molecule has 0 saturated carbocycles. The van der Waals surface area contributed by atoms with Gasteiger partial charge in [-0.25, -0.2) is 4.98 Å². The van der Waals surface area contributed by atoms with Crippen molar-refractivity contribution in [2.75, 3.05) is 0 Å². The summed E-state index contributed by atoms with van der Waals surface area (Å²) in [6.07, 6.45) is 0. The Morgan fingerprint density at radius 1 is 0.850 bits per heavy atom. The summed E-state index contributed by atoms with van der Waals surface area (Å²) < 4.78 is 0. The number of fused-ring (bicyclic) bond motifs is 1. The van der Waals surface area contributed by atoms with E-state index in [1.165, 1.54) is 0 Å². The molecule has 5 heteroatoms. The Balaban J connectivity index is 2.40. The molecule has 0 bridgehead atoms. The van der Waals surface area contributed by atoms with Gasteiger partial charge in [0.05, 0.1) is 15.6 Å². The maximum absolute atomic E-state index is 6.48. The van der Waals surface area contributed by atoms with Crippen molar-refractivity contribution in [2.24, 2.45) is 0 Å². The molecule has 0 unspecified atom stereocenters. The first-order chi connectivity index (χ1) is 9.58. The predicted octanol–water partition coefficient (Wildman–Crippen LogP) is 6.52. The van der Waals surface area contributed by atoms with Crippen LogP contribution in [0, 0.1) is 0 Å². The topological polar surface area (TPSA) is 12.9 Å². The highest BCUT2D eigenvalue weighted by Gasteiger charge is 2.16. The highest BCUT2D eigenvalue weighted by atomic mass is 35.5. The molecule has 0 atom stereocenters. The quantitative estimate of drug-likeness (QED) is 0.459. The summed E-state index contributed by atoms with van der Waals surface area (Å²) in [4.78, 5) is 4.34. The minimum absolute atomic E-state index is 0.318. The van der Waals surface area contributed by atoms with Crippen molar-refractivity contribution in [1.29, 1.82) is 0 Å². The van der Waals surface area contributed by atoms with Crippen LogP contribution in [0.2, 0.25) is 20.2 Å². The lowest BCUT2D eigenvalue weighted by Gasteiger charge is -2.11. The van der Waals surface area contributed by atoms with Gasteiger partial charge in [0.15, 0.2) is 0 Å². The Hall–Kier alpha value is -0.990. The van der Waals surface area contributed by atoms with Gasteiger partial charge in [0, 0.05) is 16.0 Å². The number of aromatic nitrogens is 1. The van der Waals surface area contributed by atoms with Crippen LogP contribution in [0.15, 0.2) is 42.5 Å². The third-order valence-corrected chi connectivity index (χ3v) is 4.14. The molecule has 1 heterocycles. The number of benzene rings is 2. The molecule has 1 nitrogen and oxygen atoms in total. The molecule has 0 amide bonds. The normalized spacial score (nSPS) is 11.0. The molecule has 0 aliphatic carbocycles. The minimum atomic E-state index is 0.318. The van der Waals surface area contributed by atoms with E-state index in [9.17, 15) is 0 Å². The summed E-state index contributed by atoms with van der Waals surface area (Å²) in [6, 6.07) is 13.0. The lowest BCUT2D eigenvalue weighted by atomic mass is 10.1. The van der Waals surface area contributed by atoms with Crippen molar-refractivity contribution in [3.8, 4) is 11.1 Å². The predicted molar refractivity (Wildman–Crippen MR) is 87.2 cm³/mol. The monoisotopic (exact) mass is 341 g/mol. The first-order valence-corrected chi connectivity index (χ1v) is 7.28. The Morgan fingerprint density at radius 3 is 2.25 bits per heavy atom. The van der Waals surface area contributed by atoms with Crippen LogP contribution in [0.25, 0.3) is 22.0 Å². The molecule has 1 aromatic heterocycles. The summed E-state index contributed by atoms with van der Waals surface area (Å²) in [7, 11) is 0. The van der Waals surface area contributed by atoms with E-state index in [1.807, 2.05) is 30.3 Å². The van der Waals surface area contributed by atoms with Crippen LogP contribution >= 0.6 is 46.4 Å². The van der Waals surface area contributed by atoms with Gasteiger partial charge in [0.1, 0.15) is 5.15 Å². The summed E-state index contributed by atoms with van der Waals surface area (Å²) in [5.41, 5.74) is 2.12. The van der Waals surface area contributed by atoms with Crippen molar-refractivity contribution < 1.29 is 0 Å². The molecule has 0 aliphatic rings. The first-order valence-electron chi connectivity index (χ1n) is 5.77. The molecule has 0 radical (unpaired) electrons. The first kappa shape index (κ1) is 14.0. The van der Waals surface area contributed by atoms with Gasteiger partial charge >= 0.3 is 0 Å². The second-order valence-corrected chi connectivity index (χ2v) is 5.82. The van der Waals surface area contributed by atoms with Gasteiger partial charge in [-0.05, 0) is 17.7 Å². The van der Waals surface area contributed by atoms with Crippen molar-refractivity contribution in [3.63, 3.8) is 0 Å². The van der Waals surface area contributed by atoms with Crippen LogP contribution in [-0.2, 0) is 0 Å². The van der Waals surface area contributed by atoms with Gasteiger partial charge in [-0.2, -0.15) is 0 Å². The van der Waals surface area contributed by atoms with Gasteiger partial charge in [-0.3, -0.25) is 0 Å². The molecular formula is C15H7Cl4N. The summed E-state index contributed by atoms with van der Waals surface area (Å²) in [5.74, 6) is 0. The number of hydrogen-bond acceptors (Lipinski definition) is 1. The van der Waals surface area contributed by atoms with Gasteiger partial charge in [-0.15, -0.1) is 0 Å². The van der Waals surface area contributed by atoms with Crippen molar-refractivity contribution in [3.05, 3.63) is 62.7 Å². The van der Waals surface area contributed by atoms with E-state index in [0.717, 1.165) is 5.56 Å². The molecule has 0 aliphatic heterocycles. The number of pyridine rings is 1. The summed E-state index contributed by atoms with van der Waals surface area (Å²) >= 11 is 24.9. The summed E-state index contributed by atoms with van der Waals surface area (Å²) in [6.45, 7) is 0. The Labute approximate surface area is 136 Å². The highest BCUT2D eigenvalue weighted by molar-refractivity contribution is 6.45. The number of rotatable bonds is 1. The SMILES string of the molecule is Clc1cc(Cl)c2nc(Cl)c(-c3ccccc3)c(Cl)c2c1. The lowest BCUT2D eigenvalue weighted by Crippen LogP contribution is -1.90. The molecule has 0 fully saturated rings. The largest absolute Gasteiger partial charge is 0.234 e. The van der Waals surface area contributed by atoms with Gasteiger partial charge < -0.3 is 0 Å². The van der Waals surface area contributed by atoms with Gasteiger partial charge in [-0.1, -0.05) is 76.7 Å². The maximum Gasteiger partial charge on any atom is 0.139 e. The molecule has 100 valence electrons. The van der Waals surface area contributed by atoms with Gasteiger partial charge in [0.25, 0.3) is 0 Å². The van der Waals surface area contributed by atoms with Crippen molar-refractivity contribution in [1.82, 2.24) is 4.98 Å². The van der Waals surface area contributed by atoms with E-state index in [4.69, 9.17) is 46.4 Å². The second kappa shape index (κ2) is 5.42. The van der Waals surface area contributed by atoms with Crippen LogP contribution in [0.3, 0.4) is 0 Å². The van der Waals surface area contributed by atoms with E-state index < -0.39 is 0 Å². The number of nitrogens with zero attached hydrogens (tertiary/aromatic N) is 1. The van der Waals surface area contributed by atoms with Crippen molar-refractivity contribution in [2.45, 2.75) is 0 Å². The van der Waals surface area contributed by atoms with E-state index in [-0.39, 0.29) is 0 Å². The third-order valence-electron chi connectivity index (χ3n) is 2.96. The molecule has 0 N–H and O–H groups in total. The van der Waals surface area contributed by atoms with Crippen LogP contribution in [0.1, 0.15) is 0 Å². The second-order valence-electron chi connectivity index (χ2n) is 4.24. The van der Waals surface area contributed by atoms with Crippen LogP contribution in [0.5, 0.6) is 0 Å². The molecule has 0 saturated heterocycles. The fourth-order valence-corrected chi connectivity index (χ4v) is 3.29. The Kier molecular flexibility index (Phi) is 3.78. The zero-order chi connectivity index (χ0) is 14.3. The van der Waals surface area contributed by atoms with E-state index in [1.54, 1.807) is 12.1 Å². The van der Waals surface area contributed by atoms with Crippen LogP contribution in [-0.4, -0.2) is 4.98 Å². The standard InChI is InChI=1S/C15H7Cl4N/c16-9-6-10-13(18)12(8-4-2-1-3-5-8)15(19)20-14(10)11(17)7-9/h1-7H. The Morgan fingerprint density at radius 2 is 1.55 bits per heavy atom. The molecule has 2 aromatic carbocycles. The van der Waals surface area contributed by atoms with E-state index in [2.05, 4.69) is 4.98 Å². The minimum Gasteiger partial charge on any atom is -0.234 e. The lowest BCUT2D eigenvalue weighted by molar-refractivity contribution is 1.41. The third kappa shape index (κ3) is 2.36. The van der Waals surface area contributed by atoms with Crippen molar-refractivity contribution >= 4 is 57.3 Å². The fourth-order valence-electron chi connectivity index (χ4n) is 2.08. The smallest absolute Gasteiger partial charge is 0.139 e. The zero-order valence-electron chi connectivity index (χ0n) is 10.0. The van der Waals surface area contributed by atoms with E-state index >= 15 is 0 Å². The van der Waals surface area contributed by atoms with E-state index in [0.29, 0.717) is 36.7 Å². The highest BCUT2D eigenvalue weighted by Crippen LogP contribution is 2.40. The molecule has 0 spiro atoms. The number of hydrogen-bond donors (Lipinski definition) is 0. The van der Waals surface area contributed by atoms with Crippen LogP contribution < -0.4 is 0 Å². The molecule has 3 aromatic rings. The number of halogens is 4. The average molecular weight is 343 g/mol. The maximum atomic E-state index is 6.48. The summed E-state index contributed by atoms with van der Waals surface area (Å²) in [5, 5.41) is 2.43.